The first-order valence-electron chi connectivity index (χ1n) is 7.51. The van der Waals surface area contributed by atoms with Gasteiger partial charge in [-0.3, -0.25) is 4.79 Å². The molecule has 0 saturated carbocycles. The number of alkyl halides is 3. The zero-order valence-corrected chi connectivity index (χ0v) is 15.6. The third-order valence-electron chi connectivity index (χ3n) is 3.46. The highest BCUT2D eigenvalue weighted by Gasteiger charge is 2.31. The molecule has 2 aromatic rings. The van der Waals surface area contributed by atoms with Crippen molar-refractivity contribution in [3.8, 4) is 0 Å². The van der Waals surface area contributed by atoms with Crippen molar-refractivity contribution in [2.75, 3.05) is 0 Å². The Morgan fingerprint density at radius 3 is 2.54 bits per heavy atom. The predicted octanol–water partition coefficient (Wildman–Crippen LogP) is 3.44. The van der Waals surface area contributed by atoms with Gasteiger partial charge in [-0.2, -0.15) is 13.2 Å². The Kier molecular flexibility index (Phi) is 6.09. The summed E-state index contributed by atoms with van der Waals surface area (Å²) < 4.78 is 65.7. The van der Waals surface area contributed by atoms with Gasteiger partial charge in [0, 0.05) is 17.8 Å². The molecule has 0 bridgehead atoms. The fourth-order valence-corrected chi connectivity index (χ4v) is 4.70. The zero-order chi connectivity index (χ0) is 19.5. The standard InChI is InChI=1S/C16H17F3N2O3S2/c1-10(12-4-3-5-13(8-12)16(17,18)19)21-26(23,24)15-7-6-14(25-15)9-20-11(2)22/h3-8,10,21H,9H2,1-2H3,(H,20,22)/t10-/m1/s1. The number of rotatable bonds is 6. The Morgan fingerprint density at radius 1 is 1.23 bits per heavy atom. The van der Waals surface area contributed by atoms with Gasteiger partial charge in [-0.05, 0) is 36.8 Å². The van der Waals surface area contributed by atoms with E-state index >= 15 is 0 Å². The second kappa shape index (κ2) is 7.77. The highest BCUT2D eigenvalue weighted by atomic mass is 32.2. The van der Waals surface area contributed by atoms with Crippen molar-refractivity contribution in [3.63, 3.8) is 0 Å². The van der Waals surface area contributed by atoms with E-state index in [1.807, 2.05) is 0 Å². The van der Waals surface area contributed by atoms with Crippen LogP contribution in [0.3, 0.4) is 0 Å². The largest absolute Gasteiger partial charge is 0.416 e. The molecule has 1 heterocycles. The number of nitrogens with one attached hydrogen (secondary N) is 2. The molecule has 1 atom stereocenters. The number of carbonyl (C=O) groups excluding carboxylic acids is 1. The van der Waals surface area contributed by atoms with Crippen LogP contribution in [0.5, 0.6) is 0 Å². The quantitative estimate of drug-likeness (QED) is 0.772. The lowest BCUT2D eigenvalue weighted by Crippen LogP contribution is -2.26. The summed E-state index contributed by atoms with van der Waals surface area (Å²) >= 11 is 0.981. The number of amides is 1. The molecule has 2 rings (SSSR count). The third kappa shape index (κ3) is 5.29. The van der Waals surface area contributed by atoms with Crippen LogP contribution in [0.25, 0.3) is 0 Å². The molecule has 0 spiro atoms. The van der Waals surface area contributed by atoms with Crippen LogP contribution in [0.15, 0.2) is 40.6 Å². The molecular formula is C16H17F3N2O3S2. The maximum absolute atomic E-state index is 12.8. The summed E-state index contributed by atoms with van der Waals surface area (Å²) in [5.41, 5.74) is -0.631. The Balaban J connectivity index is 2.15. The van der Waals surface area contributed by atoms with Crippen molar-refractivity contribution in [2.45, 2.75) is 36.8 Å². The molecule has 0 radical (unpaired) electrons. The molecule has 0 unspecified atom stereocenters. The molecule has 1 amide bonds. The van der Waals surface area contributed by atoms with Gasteiger partial charge in [-0.15, -0.1) is 11.3 Å². The van der Waals surface area contributed by atoms with Gasteiger partial charge in [-0.25, -0.2) is 13.1 Å². The van der Waals surface area contributed by atoms with Gasteiger partial charge in [0.2, 0.25) is 5.91 Å². The highest BCUT2D eigenvalue weighted by molar-refractivity contribution is 7.91. The van der Waals surface area contributed by atoms with Crippen LogP contribution in [-0.4, -0.2) is 14.3 Å². The van der Waals surface area contributed by atoms with E-state index in [4.69, 9.17) is 0 Å². The lowest BCUT2D eigenvalue weighted by molar-refractivity contribution is -0.137. The van der Waals surface area contributed by atoms with E-state index in [0.29, 0.717) is 4.88 Å². The van der Waals surface area contributed by atoms with Gasteiger partial charge in [0.05, 0.1) is 12.1 Å². The van der Waals surface area contributed by atoms with Crippen molar-refractivity contribution in [3.05, 3.63) is 52.4 Å². The van der Waals surface area contributed by atoms with Crippen molar-refractivity contribution in [1.29, 1.82) is 0 Å². The third-order valence-corrected chi connectivity index (χ3v) is 6.58. The SMILES string of the molecule is CC(=O)NCc1ccc(S(=O)(=O)N[C@H](C)c2cccc(C(F)(F)F)c2)s1. The second-order valence-electron chi connectivity index (χ2n) is 5.60. The Bertz CT molecular complexity index is 892. The fraction of sp³-hybridized carbons (Fsp3) is 0.312. The zero-order valence-electron chi connectivity index (χ0n) is 13.9. The molecule has 0 aliphatic heterocycles. The van der Waals surface area contributed by atoms with Gasteiger partial charge in [0.1, 0.15) is 4.21 Å². The van der Waals surface area contributed by atoms with E-state index in [1.54, 1.807) is 6.07 Å². The average molecular weight is 406 g/mol. The molecule has 10 heteroatoms. The maximum Gasteiger partial charge on any atom is 0.416 e. The summed E-state index contributed by atoms with van der Waals surface area (Å²) in [6.45, 7) is 3.03. The van der Waals surface area contributed by atoms with E-state index in [1.165, 1.54) is 32.0 Å². The summed E-state index contributed by atoms with van der Waals surface area (Å²) in [5.74, 6) is -0.237. The van der Waals surface area contributed by atoms with Crippen LogP contribution in [0.4, 0.5) is 13.2 Å². The molecule has 142 valence electrons. The molecule has 0 fully saturated rings. The second-order valence-corrected chi connectivity index (χ2v) is 8.71. The van der Waals surface area contributed by atoms with Crippen LogP contribution >= 0.6 is 11.3 Å². The Labute approximate surface area is 153 Å². The van der Waals surface area contributed by atoms with E-state index in [2.05, 4.69) is 10.0 Å². The smallest absolute Gasteiger partial charge is 0.351 e. The number of halogens is 3. The maximum atomic E-state index is 12.8. The molecule has 5 nitrogen and oxygen atoms in total. The number of hydrogen-bond donors (Lipinski definition) is 2. The number of carbonyl (C=O) groups is 1. The number of hydrogen-bond acceptors (Lipinski definition) is 4. The van der Waals surface area contributed by atoms with Crippen LogP contribution in [0.2, 0.25) is 0 Å². The average Bonchev–Trinajstić information content (AvgIpc) is 3.02. The minimum atomic E-state index is -4.50. The normalized spacial score (nSPS) is 13.4. The minimum Gasteiger partial charge on any atom is -0.351 e. The highest BCUT2D eigenvalue weighted by Crippen LogP contribution is 2.31. The fourth-order valence-electron chi connectivity index (χ4n) is 2.15. The van der Waals surface area contributed by atoms with Crippen LogP contribution in [0.1, 0.15) is 35.9 Å². The van der Waals surface area contributed by atoms with Gasteiger partial charge in [-0.1, -0.05) is 12.1 Å². The molecule has 1 aromatic heterocycles. The first-order valence-corrected chi connectivity index (χ1v) is 9.81. The van der Waals surface area contributed by atoms with Crippen molar-refractivity contribution >= 4 is 27.3 Å². The summed E-state index contributed by atoms with van der Waals surface area (Å²) in [6.07, 6.45) is -4.50. The first kappa shape index (κ1) is 20.4. The van der Waals surface area contributed by atoms with Crippen LogP contribution < -0.4 is 10.0 Å². The van der Waals surface area contributed by atoms with Crippen molar-refractivity contribution in [1.82, 2.24) is 10.0 Å². The number of benzene rings is 1. The summed E-state index contributed by atoms with van der Waals surface area (Å²) in [4.78, 5) is 11.5. The lowest BCUT2D eigenvalue weighted by atomic mass is 10.1. The molecule has 0 aliphatic carbocycles. The summed E-state index contributed by atoms with van der Waals surface area (Å²) in [7, 11) is -3.90. The molecule has 0 aliphatic rings. The van der Waals surface area contributed by atoms with E-state index in [-0.39, 0.29) is 22.2 Å². The van der Waals surface area contributed by atoms with Crippen molar-refractivity contribution < 1.29 is 26.4 Å². The monoisotopic (exact) mass is 406 g/mol. The van der Waals surface area contributed by atoms with Crippen LogP contribution in [0, 0.1) is 0 Å². The predicted molar refractivity (Wildman–Crippen MR) is 92.0 cm³/mol. The Morgan fingerprint density at radius 2 is 1.92 bits per heavy atom. The molecule has 26 heavy (non-hydrogen) atoms. The Hall–Kier alpha value is -1.91. The van der Waals surface area contributed by atoms with Gasteiger partial charge < -0.3 is 5.32 Å². The van der Waals surface area contributed by atoms with Gasteiger partial charge in [0.25, 0.3) is 10.0 Å². The lowest BCUT2D eigenvalue weighted by Gasteiger charge is -2.15. The minimum absolute atomic E-state index is 0.0247. The summed E-state index contributed by atoms with van der Waals surface area (Å²) in [6, 6.07) is 6.64. The van der Waals surface area contributed by atoms with Crippen molar-refractivity contribution in [2.24, 2.45) is 0 Å². The number of sulfonamides is 1. The van der Waals surface area contributed by atoms with E-state index < -0.39 is 27.8 Å². The molecular weight excluding hydrogens is 389 g/mol. The first-order chi connectivity index (χ1) is 12.0. The molecule has 0 saturated heterocycles. The topological polar surface area (TPSA) is 75.3 Å². The number of thiophene rings is 1. The van der Waals surface area contributed by atoms with E-state index in [0.717, 1.165) is 23.5 Å². The van der Waals surface area contributed by atoms with Gasteiger partial charge >= 0.3 is 6.18 Å². The molecule has 2 N–H and O–H groups in total. The van der Waals surface area contributed by atoms with Gasteiger partial charge in [0.15, 0.2) is 0 Å². The van der Waals surface area contributed by atoms with Crippen LogP contribution in [-0.2, 0) is 27.5 Å². The van der Waals surface area contributed by atoms with E-state index in [9.17, 15) is 26.4 Å². The summed E-state index contributed by atoms with van der Waals surface area (Å²) in [5, 5.41) is 2.56. The molecule has 1 aromatic carbocycles.